The largest absolute Gasteiger partial charge is 0.352 e. The number of carbonyl (C=O) groups excluding carboxylic acids is 1. The monoisotopic (exact) mass is 331 g/mol. The van der Waals surface area contributed by atoms with Crippen LogP contribution in [0.5, 0.6) is 0 Å². The molecule has 2 aromatic heterocycles. The van der Waals surface area contributed by atoms with Crippen LogP contribution < -0.4 is 10.2 Å². The number of aromatic nitrogens is 4. The lowest BCUT2D eigenvalue weighted by Crippen LogP contribution is -2.53. The van der Waals surface area contributed by atoms with Gasteiger partial charge >= 0.3 is 6.03 Å². The van der Waals surface area contributed by atoms with Crippen molar-refractivity contribution in [3.8, 4) is 0 Å². The molecule has 130 valence electrons. The van der Waals surface area contributed by atoms with Crippen LogP contribution in [0.3, 0.4) is 0 Å². The summed E-state index contributed by atoms with van der Waals surface area (Å²) in [6.07, 6.45) is 6.00. The van der Waals surface area contributed by atoms with Crippen LogP contribution in [0.2, 0.25) is 0 Å². The zero-order chi connectivity index (χ0) is 17.1. The lowest BCUT2D eigenvalue weighted by Gasteiger charge is -2.36. The number of nitrogens with one attached hydrogen (secondary N) is 1. The van der Waals surface area contributed by atoms with Gasteiger partial charge in [0.15, 0.2) is 11.5 Å². The minimum atomic E-state index is 0.0277. The van der Waals surface area contributed by atoms with Gasteiger partial charge in [-0.25, -0.2) is 9.78 Å². The molecule has 0 saturated carbocycles. The van der Waals surface area contributed by atoms with Crippen molar-refractivity contribution in [2.45, 2.75) is 33.2 Å². The average Bonchev–Trinajstić information content (AvgIpc) is 3.02. The SMILES string of the molecule is CC(C)CC(C)NC(=O)N1CCN(c2cncc3ncnn23)CC1. The highest BCUT2D eigenvalue weighted by atomic mass is 16.2. The Kier molecular flexibility index (Phi) is 4.82. The molecule has 1 N–H and O–H groups in total. The number of fused-ring (bicyclic) bond motifs is 1. The Balaban J connectivity index is 1.58. The molecule has 8 heteroatoms. The summed E-state index contributed by atoms with van der Waals surface area (Å²) in [4.78, 5) is 24.8. The maximum atomic E-state index is 12.4. The van der Waals surface area contributed by atoms with Gasteiger partial charge < -0.3 is 15.1 Å². The lowest BCUT2D eigenvalue weighted by molar-refractivity contribution is 0.189. The van der Waals surface area contributed by atoms with E-state index in [4.69, 9.17) is 0 Å². The van der Waals surface area contributed by atoms with E-state index in [0.717, 1.165) is 31.0 Å². The fourth-order valence-corrected chi connectivity index (χ4v) is 3.16. The summed E-state index contributed by atoms with van der Waals surface area (Å²) in [7, 11) is 0. The summed E-state index contributed by atoms with van der Waals surface area (Å²) in [5.41, 5.74) is 0.732. The predicted octanol–water partition coefficient (Wildman–Crippen LogP) is 1.39. The Morgan fingerprint density at radius 2 is 1.96 bits per heavy atom. The molecule has 0 radical (unpaired) electrons. The Morgan fingerprint density at radius 1 is 1.21 bits per heavy atom. The molecule has 0 aliphatic carbocycles. The molecule has 1 fully saturated rings. The van der Waals surface area contributed by atoms with E-state index in [0.29, 0.717) is 19.0 Å². The number of carbonyl (C=O) groups is 1. The zero-order valence-corrected chi connectivity index (χ0v) is 14.5. The van der Waals surface area contributed by atoms with Crippen molar-refractivity contribution < 1.29 is 4.79 Å². The van der Waals surface area contributed by atoms with Gasteiger partial charge in [-0.1, -0.05) is 13.8 Å². The Bertz CT molecular complexity index is 691. The summed E-state index contributed by atoms with van der Waals surface area (Å²) in [5, 5.41) is 7.34. The maximum absolute atomic E-state index is 12.4. The van der Waals surface area contributed by atoms with Gasteiger partial charge in [0.05, 0.1) is 12.4 Å². The molecule has 1 aliphatic rings. The number of rotatable bonds is 4. The molecule has 24 heavy (non-hydrogen) atoms. The third-order valence-electron chi connectivity index (χ3n) is 4.26. The summed E-state index contributed by atoms with van der Waals surface area (Å²) in [5.74, 6) is 1.49. The van der Waals surface area contributed by atoms with E-state index in [-0.39, 0.29) is 12.1 Å². The number of anilines is 1. The summed E-state index contributed by atoms with van der Waals surface area (Å²) in [6.45, 7) is 9.28. The molecule has 3 heterocycles. The van der Waals surface area contributed by atoms with E-state index in [1.54, 1.807) is 16.9 Å². The molecular formula is C16H25N7O. The molecule has 2 aromatic rings. The van der Waals surface area contributed by atoms with Gasteiger partial charge in [-0.3, -0.25) is 4.98 Å². The van der Waals surface area contributed by atoms with Crippen LogP contribution >= 0.6 is 0 Å². The quantitative estimate of drug-likeness (QED) is 0.916. The molecule has 1 aliphatic heterocycles. The summed E-state index contributed by atoms with van der Waals surface area (Å²) in [6, 6.07) is 0.225. The van der Waals surface area contributed by atoms with E-state index in [1.165, 1.54) is 6.33 Å². The van der Waals surface area contributed by atoms with Crippen LogP contribution in [-0.4, -0.2) is 62.7 Å². The number of urea groups is 1. The van der Waals surface area contributed by atoms with Crippen molar-refractivity contribution in [1.29, 1.82) is 0 Å². The molecule has 2 amide bonds. The highest BCUT2D eigenvalue weighted by molar-refractivity contribution is 5.74. The fraction of sp³-hybridized carbons (Fsp3) is 0.625. The lowest BCUT2D eigenvalue weighted by atomic mass is 10.1. The molecule has 1 atom stereocenters. The van der Waals surface area contributed by atoms with Gasteiger partial charge in [0, 0.05) is 32.2 Å². The molecule has 0 aromatic carbocycles. The summed E-state index contributed by atoms with van der Waals surface area (Å²) < 4.78 is 1.79. The van der Waals surface area contributed by atoms with Gasteiger partial charge in [-0.2, -0.15) is 9.61 Å². The second-order valence-electron chi connectivity index (χ2n) is 6.75. The number of hydrogen-bond donors (Lipinski definition) is 1. The fourth-order valence-electron chi connectivity index (χ4n) is 3.16. The smallest absolute Gasteiger partial charge is 0.317 e. The van der Waals surface area contributed by atoms with Crippen molar-refractivity contribution in [2.24, 2.45) is 5.92 Å². The van der Waals surface area contributed by atoms with Crippen LogP contribution in [0.1, 0.15) is 27.2 Å². The highest BCUT2D eigenvalue weighted by Gasteiger charge is 2.23. The third-order valence-corrected chi connectivity index (χ3v) is 4.26. The van der Waals surface area contributed by atoms with Crippen molar-refractivity contribution in [3.63, 3.8) is 0 Å². The second-order valence-corrected chi connectivity index (χ2v) is 6.75. The zero-order valence-electron chi connectivity index (χ0n) is 14.5. The molecule has 1 saturated heterocycles. The van der Waals surface area contributed by atoms with Crippen LogP contribution in [0.15, 0.2) is 18.7 Å². The molecule has 8 nitrogen and oxygen atoms in total. The Morgan fingerprint density at radius 3 is 2.67 bits per heavy atom. The molecule has 1 unspecified atom stereocenters. The Labute approximate surface area is 141 Å². The van der Waals surface area contributed by atoms with Crippen LogP contribution in [-0.2, 0) is 0 Å². The van der Waals surface area contributed by atoms with E-state index >= 15 is 0 Å². The number of hydrogen-bond acceptors (Lipinski definition) is 5. The number of amides is 2. The van der Waals surface area contributed by atoms with E-state index in [2.05, 4.69) is 46.1 Å². The predicted molar refractivity (Wildman–Crippen MR) is 92.0 cm³/mol. The second kappa shape index (κ2) is 7.02. The molecule has 3 rings (SSSR count). The van der Waals surface area contributed by atoms with Crippen molar-refractivity contribution in [2.75, 3.05) is 31.1 Å². The standard InChI is InChI=1S/C16H25N7O/c1-12(2)8-13(3)20-16(24)22-6-4-21(5-7-22)15-10-17-9-14-18-11-19-23(14)15/h9-13H,4-8H2,1-3H3,(H,20,24). The van der Waals surface area contributed by atoms with E-state index < -0.39 is 0 Å². The van der Waals surface area contributed by atoms with Crippen molar-refractivity contribution in [3.05, 3.63) is 18.7 Å². The first-order valence-corrected chi connectivity index (χ1v) is 8.48. The van der Waals surface area contributed by atoms with E-state index in [9.17, 15) is 4.79 Å². The maximum Gasteiger partial charge on any atom is 0.317 e. The van der Waals surface area contributed by atoms with Gasteiger partial charge in [0.2, 0.25) is 0 Å². The Hall–Kier alpha value is -2.38. The molecule has 0 spiro atoms. The van der Waals surface area contributed by atoms with Crippen LogP contribution in [0, 0.1) is 5.92 Å². The molecular weight excluding hydrogens is 306 g/mol. The minimum Gasteiger partial charge on any atom is -0.352 e. The number of piperazine rings is 1. The van der Waals surface area contributed by atoms with Crippen molar-refractivity contribution >= 4 is 17.5 Å². The van der Waals surface area contributed by atoms with Crippen LogP contribution in [0.4, 0.5) is 10.6 Å². The minimum absolute atomic E-state index is 0.0277. The number of nitrogens with zero attached hydrogens (tertiary/aromatic N) is 6. The first kappa shape index (κ1) is 16.5. The van der Waals surface area contributed by atoms with Crippen molar-refractivity contribution in [1.82, 2.24) is 29.8 Å². The van der Waals surface area contributed by atoms with Crippen LogP contribution in [0.25, 0.3) is 5.65 Å². The average molecular weight is 331 g/mol. The summed E-state index contributed by atoms with van der Waals surface area (Å²) >= 11 is 0. The molecule has 0 bridgehead atoms. The van der Waals surface area contributed by atoms with Gasteiger partial charge in [0.25, 0.3) is 0 Å². The topological polar surface area (TPSA) is 78.7 Å². The highest BCUT2D eigenvalue weighted by Crippen LogP contribution is 2.16. The van der Waals surface area contributed by atoms with E-state index in [1.807, 2.05) is 4.90 Å². The normalized spacial score (nSPS) is 16.7. The van der Waals surface area contributed by atoms with Gasteiger partial charge in [-0.05, 0) is 19.3 Å². The third kappa shape index (κ3) is 3.58. The first-order chi connectivity index (χ1) is 11.5. The van der Waals surface area contributed by atoms with Gasteiger partial charge in [-0.15, -0.1) is 0 Å². The first-order valence-electron chi connectivity index (χ1n) is 8.48. The van der Waals surface area contributed by atoms with Gasteiger partial charge in [0.1, 0.15) is 6.33 Å².